The number of Topliss-reactive ketones (excluding diaryl/α,β-unsaturated/α-hetero) is 1. The van der Waals surface area contributed by atoms with Gasteiger partial charge in [0, 0.05) is 12.1 Å². The first kappa shape index (κ1) is 20.1. The zero-order chi connectivity index (χ0) is 18.7. The Kier molecular flexibility index (Phi) is 8.70. The predicted molar refractivity (Wildman–Crippen MR) is 89.2 cm³/mol. The summed E-state index contributed by atoms with van der Waals surface area (Å²) in [7, 11) is 0. The molecule has 0 saturated heterocycles. The molecule has 8 nitrogen and oxygen atoms in total. The van der Waals surface area contributed by atoms with Crippen LogP contribution in [0.3, 0.4) is 0 Å². The molecule has 0 bridgehead atoms. The van der Waals surface area contributed by atoms with Gasteiger partial charge in [-0.05, 0) is 37.6 Å². The average Bonchev–Trinajstić information content (AvgIpc) is 2.61. The van der Waals surface area contributed by atoms with Crippen LogP contribution in [0, 0.1) is 0 Å². The van der Waals surface area contributed by atoms with E-state index >= 15 is 0 Å². The first-order chi connectivity index (χ1) is 11.9. The molecule has 0 aliphatic rings. The number of esters is 1. The molecule has 0 unspecified atom stereocenters. The van der Waals surface area contributed by atoms with Crippen LogP contribution in [0.25, 0.3) is 0 Å². The lowest BCUT2D eigenvalue weighted by Crippen LogP contribution is -2.39. The molecule has 2 N–H and O–H groups in total. The van der Waals surface area contributed by atoms with Gasteiger partial charge in [-0.3, -0.25) is 14.4 Å². The maximum absolute atomic E-state index is 11.5. The van der Waals surface area contributed by atoms with Gasteiger partial charge in [-0.25, -0.2) is 4.79 Å². The van der Waals surface area contributed by atoms with Gasteiger partial charge >= 0.3 is 5.97 Å². The molecular weight excluding hydrogens is 328 g/mol. The Labute approximate surface area is 145 Å². The number of benzene rings is 1. The van der Waals surface area contributed by atoms with Crippen LogP contribution in [0.15, 0.2) is 24.3 Å². The zero-order valence-corrected chi connectivity index (χ0v) is 14.3. The van der Waals surface area contributed by atoms with Crippen molar-refractivity contribution in [2.45, 2.75) is 20.3 Å². The second kappa shape index (κ2) is 10.8. The van der Waals surface area contributed by atoms with Crippen molar-refractivity contribution in [3.8, 4) is 5.75 Å². The largest absolute Gasteiger partial charge is 0.482 e. The van der Waals surface area contributed by atoms with E-state index in [-0.39, 0.29) is 24.8 Å². The van der Waals surface area contributed by atoms with Crippen LogP contribution in [0.5, 0.6) is 5.75 Å². The van der Waals surface area contributed by atoms with E-state index < -0.39 is 18.5 Å². The molecule has 136 valence electrons. The van der Waals surface area contributed by atoms with Crippen molar-refractivity contribution in [2.75, 3.05) is 26.3 Å². The highest BCUT2D eigenvalue weighted by molar-refractivity contribution is 5.94. The smallest absolute Gasteiger partial charge is 0.344 e. The first-order valence-corrected chi connectivity index (χ1v) is 7.85. The number of ether oxygens (including phenoxy) is 2. The van der Waals surface area contributed by atoms with Gasteiger partial charge in [0.25, 0.3) is 5.91 Å². The molecule has 0 aliphatic heterocycles. The van der Waals surface area contributed by atoms with E-state index in [1.807, 2.05) is 6.92 Å². The van der Waals surface area contributed by atoms with Crippen LogP contribution in [0.1, 0.15) is 30.6 Å². The predicted octanol–water partition coefficient (Wildman–Crippen LogP) is 0.454. The molecule has 0 aromatic heterocycles. The fraction of sp³-hybridized carbons (Fsp3) is 0.412. The fourth-order valence-corrected chi connectivity index (χ4v) is 1.67. The molecule has 8 heteroatoms. The summed E-state index contributed by atoms with van der Waals surface area (Å²) >= 11 is 0. The summed E-state index contributed by atoms with van der Waals surface area (Å²) in [5.74, 6) is -1.27. The van der Waals surface area contributed by atoms with Crippen molar-refractivity contribution < 1.29 is 28.7 Å². The summed E-state index contributed by atoms with van der Waals surface area (Å²) in [4.78, 5) is 45.4. The average molecular weight is 350 g/mol. The van der Waals surface area contributed by atoms with Crippen LogP contribution in [0.4, 0.5) is 0 Å². The van der Waals surface area contributed by atoms with Crippen molar-refractivity contribution >= 4 is 23.6 Å². The van der Waals surface area contributed by atoms with Crippen LogP contribution >= 0.6 is 0 Å². The molecule has 0 heterocycles. The van der Waals surface area contributed by atoms with Crippen LogP contribution in [-0.4, -0.2) is 49.9 Å². The van der Waals surface area contributed by atoms with E-state index in [0.29, 0.717) is 17.9 Å². The Balaban J connectivity index is 2.22. The summed E-state index contributed by atoms with van der Waals surface area (Å²) in [5.41, 5.74) is 0.537. The van der Waals surface area contributed by atoms with Crippen molar-refractivity contribution in [3.63, 3.8) is 0 Å². The number of hydrogen-bond donors (Lipinski definition) is 2. The molecule has 1 rings (SSSR count). The van der Waals surface area contributed by atoms with E-state index in [1.165, 1.54) is 6.92 Å². The third kappa shape index (κ3) is 8.50. The molecule has 2 amide bonds. The molecule has 0 atom stereocenters. The minimum Gasteiger partial charge on any atom is -0.482 e. The Morgan fingerprint density at radius 3 is 2.24 bits per heavy atom. The van der Waals surface area contributed by atoms with E-state index in [2.05, 4.69) is 10.6 Å². The maximum atomic E-state index is 11.5. The Hall–Kier alpha value is -2.90. The van der Waals surface area contributed by atoms with Gasteiger partial charge in [-0.1, -0.05) is 6.92 Å². The van der Waals surface area contributed by atoms with Gasteiger partial charge in [0.2, 0.25) is 5.91 Å². The second-order valence-corrected chi connectivity index (χ2v) is 5.16. The number of carbonyl (C=O) groups is 4. The Morgan fingerprint density at radius 2 is 1.64 bits per heavy atom. The summed E-state index contributed by atoms with van der Waals surface area (Å²) in [5, 5.41) is 4.94. The lowest BCUT2D eigenvalue weighted by Gasteiger charge is -2.08. The molecule has 0 aliphatic carbocycles. The number of amides is 2. The van der Waals surface area contributed by atoms with Crippen molar-refractivity contribution in [3.05, 3.63) is 29.8 Å². The summed E-state index contributed by atoms with van der Waals surface area (Å²) < 4.78 is 9.93. The molecule has 0 saturated carbocycles. The van der Waals surface area contributed by atoms with Gasteiger partial charge in [0.05, 0.1) is 6.54 Å². The third-order valence-electron chi connectivity index (χ3n) is 3.00. The highest BCUT2D eigenvalue weighted by atomic mass is 16.6. The minimum absolute atomic E-state index is 0.0691. The second-order valence-electron chi connectivity index (χ2n) is 5.16. The lowest BCUT2D eigenvalue weighted by atomic mass is 10.1. The van der Waals surface area contributed by atoms with E-state index in [1.54, 1.807) is 24.3 Å². The zero-order valence-electron chi connectivity index (χ0n) is 14.3. The molecule has 0 spiro atoms. The number of carbonyl (C=O) groups excluding carboxylic acids is 4. The van der Waals surface area contributed by atoms with Crippen LogP contribution in [-0.2, 0) is 19.1 Å². The SMILES string of the molecule is CCCNC(=O)CNC(=O)COC(=O)COc1ccc(C(C)=O)cc1. The molecule has 0 radical (unpaired) electrons. The summed E-state index contributed by atoms with van der Waals surface area (Å²) in [6.07, 6.45) is 0.800. The first-order valence-electron chi connectivity index (χ1n) is 7.85. The quantitative estimate of drug-likeness (QED) is 0.468. The van der Waals surface area contributed by atoms with Crippen LogP contribution < -0.4 is 15.4 Å². The van der Waals surface area contributed by atoms with E-state index in [0.717, 1.165) is 6.42 Å². The van der Waals surface area contributed by atoms with Crippen LogP contribution in [0.2, 0.25) is 0 Å². The van der Waals surface area contributed by atoms with Gasteiger partial charge in [0.15, 0.2) is 19.0 Å². The number of nitrogens with one attached hydrogen (secondary N) is 2. The van der Waals surface area contributed by atoms with E-state index in [4.69, 9.17) is 9.47 Å². The Morgan fingerprint density at radius 1 is 0.960 bits per heavy atom. The topological polar surface area (TPSA) is 111 Å². The normalized spacial score (nSPS) is 9.84. The third-order valence-corrected chi connectivity index (χ3v) is 3.00. The fourth-order valence-electron chi connectivity index (χ4n) is 1.67. The summed E-state index contributed by atoms with van der Waals surface area (Å²) in [6, 6.07) is 6.29. The molecule has 25 heavy (non-hydrogen) atoms. The maximum Gasteiger partial charge on any atom is 0.344 e. The molecular formula is C17H22N2O6. The van der Waals surface area contributed by atoms with Gasteiger partial charge < -0.3 is 20.1 Å². The standard InChI is InChI=1S/C17H22N2O6/c1-3-8-18-15(21)9-19-16(22)10-25-17(23)11-24-14-6-4-13(5-7-14)12(2)20/h4-7H,3,8-11H2,1-2H3,(H,18,21)(H,19,22). The number of rotatable bonds is 10. The number of ketones is 1. The van der Waals surface area contributed by atoms with E-state index in [9.17, 15) is 19.2 Å². The minimum atomic E-state index is -0.721. The Bertz CT molecular complexity index is 612. The van der Waals surface area contributed by atoms with Gasteiger partial charge in [0.1, 0.15) is 5.75 Å². The van der Waals surface area contributed by atoms with Gasteiger partial charge in [-0.2, -0.15) is 0 Å². The number of hydrogen-bond acceptors (Lipinski definition) is 6. The summed E-state index contributed by atoms with van der Waals surface area (Å²) in [6.45, 7) is 2.86. The molecule has 1 aromatic carbocycles. The van der Waals surface area contributed by atoms with Crippen molar-refractivity contribution in [1.29, 1.82) is 0 Å². The monoisotopic (exact) mass is 350 g/mol. The molecule has 0 fully saturated rings. The highest BCUT2D eigenvalue weighted by Gasteiger charge is 2.10. The lowest BCUT2D eigenvalue weighted by molar-refractivity contribution is -0.150. The highest BCUT2D eigenvalue weighted by Crippen LogP contribution is 2.12. The van der Waals surface area contributed by atoms with Gasteiger partial charge in [-0.15, -0.1) is 0 Å². The van der Waals surface area contributed by atoms with Crippen molar-refractivity contribution in [1.82, 2.24) is 10.6 Å². The molecule has 1 aromatic rings. The van der Waals surface area contributed by atoms with Crippen molar-refractivity contribution in [2.24, 2.45) is 0 Å².